The predicted molar refractivity (Wildman–Crippen MR) is 117 cm³/mol. The molecule has 35 heavy (non-hydrogen) atoms. The number of hydrogen-bond acceptors (Lipinski definition) is 10. The zero-order valence-corrected chi connectivity index (χ0v) is 18.2. The Bertz CT molecular complexity index is 1040. The van der Waals surface area contributed by atoms with Gasteiger partial charge in [0, 0.05) is 17.8 Å². The summed E-state index contributed by atoms with van der Waals surface area (Å²) in [6.45, 7) is -0.163. The number of rotatable bonds is 7. The quantitative estimate of drug-likeness (QED) is 0.268. The zero-order valence-electron chi connectivity index (χ0n) is 18.2. The Labute approximate surface area is 198 Å². The number of amides is 2. The number of anilines is 2. The molecule has 1 fully saturated rings. The maximum absolute atomic E-state index is 12.1. The van der Waals surface area contributed by atoms with Crippen molar-refractivity contribution < 1.29 is 54.1 Å². The first-order valence-corrected chi connectivity index (χ1v) is 10.3. The molecule has 188 valence electrons. The van der Waals surface area contributed by atoms with Crippen molar-refractivity contribution in [3.8, 4) is 0 Å². The highest BCUT2D eigenvalue weighted by Gasteiger charge is 2.53. The molecular weight excluding hydrogens is 468 g/mol. The van der Waals surface area contributed by atoms with Crippen molar-refractivity contribution in [3.63, 3.8) is 0 Å². The van der Waals surface area contributed by atoms with Crippen molar-refractivity contribution in [1.29, 1.82) is 0 Å². The van der Waals surface area contributed by atoms with Crippen molar-refractivity contribution in [1.82, 2.24) is 0 Å². The van der Waals surface area contributed by atoms with Crippen molar-refractivity contribution in [2.75, 3.05) is 10.6 Å². The molecule has 7 N–H and O–H groups in total. The average molecular weight is 492 g/mol. The van der Waals surface area contributed by atoms with E-state index in [1.807, 2.05) is 0 Å². The SMILES string of the molecule is O=C(Nc1ccc(CO)cc1)OCc1ccc(NC(=O)OC2CC(O)C(O)(O)C(C(=O)O)O2)cc1. The van der Waals surface area contributed by atoms with Gasteiger partial charge in [-0.25, -0.2) is 14.4 Å². The summed E-state index contributed by atoms with van der Waals surface area (Å²) in [7, 11) is 0. The third-order valence-corrected chi connectivity index (χ3v) is 5.00. The van der Waals surface area contributed by atoms with Gasteiger partial charge in [-0.05, 0) is 35.4 Å². The molecule has 3 atom stereocenters. The molecule has 0 spiro atoms. The van der Waals surface area contributed by atoms with Crippen LogP contribution in [0.15, 0.2) is 48.5 Å². The molecule has 0 aliphatic carbocycles. The monoisotopic (exact) mass is 492 g/mol. The highest BCUT2D eigenvalue weighted by molar-refractivity contribution is 5.85. The fraction of sp³-hybridized carbons (Fsp3) is 0.318. The highest BCUT2D eigenvalue weighted by atomic mass is 16.7. The van der Waals surface area contributed by atoms with Crippen LogP contribution in [-0.4, -0.2) is 68.0 Å². The number of carboxylic acid groups (broad SMARTS) is 1. The molecular formula is C22H24N2O11. The minimum Gasteiger partial charge on any atom is -0.479 e. The molecule has 0 saturated carbocycles. The van der Waals surface area contributed by atoms with E-state index in [0.717, 1.165) is 0 Å². The number of aliphatic hydroxyl groups is 4. The third-order valence-electron chi connectivity index (χ3n) is 5.00. The molecule has 2 amide bonds. The van der Waals surface area contributed by atoms with Gasteiger partial charge in [0.25, 0.3) is 0 Å². The van der Waals surface area contributed by atoms with Crippen molar-refractivity contribution in [2.45, 2.75) is 43.9 Å². The standard InChI is InChI=1S/C22H24N2O11/c25-10-12-1-5-14(6-2-12)23-20(29)33-11-13-3-7-15(8-4-13)24-21(30)35-17-9-16(26)22(31,32)18(34-17)19(27)28/h1-8,16-18,25-26,31-32H,9-11H2,(H,23,29)(H,24,30)(H,27,28). The lowest BCUT2D eigenvalue weighted by atomic mass is 9.97. The van der Waals surface area contributed by atoms with Crippen LogP contribution in [0.5, 0.6) is 0 Å². The number of aliphatic hydroxyl groups excluding tert-OH is 2. The van der Waals surface area contributed by atoms with Gasteiger partial charge < -0.3 is 39.7 Å². The maximum atomic E-state index is 12.1. The van der Waals surface area contributed by atoms with E-state index in [9.17, 15) is 29.7 Å². The van der Waals surface area contributed by atoms with E-state index < -0.39 is 48.9 Å². The minimum atomic E-state index is -3.04. The smallest absolute Gasteiger partial charge is 0.413 e. The molecule has 2 aromatic rings. The number of aliphatic carboxylic acids is 1. The molecule has 1 heterocycles. The molecule has 1 saturated heterocycles. The molecule has 3 unspecified atom stereocenters. The minimum absolute atomic E-state index is 0.0558. The van der Waals surface area contributed by atoms with Crippen molar-refractivity contribution in [3.05, 3.63) is 59.7 Å². The first-order valence-electron chi connectivity index (χ1n) is 10.3. The van der Waals surface area contributed by atoms with Gasteiger partial charge >= 0.3 is 18.2 Å². The van der Waals surface area contributed by atoms with Crippen LogP contribution in [0, 0.1) is 0 Å². The lowest BCUT2D eigenvalue weighted by Crippen LogP contribution is -2.62. The summed E-state index contributed by atoms with van der Waals surface area (Å²) >= 11 is 0. The van der Waals surface area contributed by atoms with Crippen LogP contribution in [0.2, 0.25) is 0 Å². The van der Waals surface area contributed by atoms with E-state index in [1.54, 1.807) is 36.4 Å². The predicted octanol–water partition coefficient (Wildman–Crippen LogP) is 0.717. The van der Waals surface area contributed by atoms with Crippen LogP contribution < -0.4 is 10.6 Å². The fourth-order valence-electron chi connectivity index (χ4n) is 3.10. The van der Waals surface area contributed by atoms with Crippen molar-refractivity contribution >= 4 is 29.5 Å². The van der Waals surface area contributed by atoms with Crippen LogP contribution in [0.1, 0.15) is 17.5 Å². The van der Waals surface area contributed by atoms with Crippen LogP contribution in [-0.2, 0) is 32.2 Å². The molecule has 2 aromatic carbocycles. The Balaban J connectivity index is 1.46. The summed E-state index contributed by atoms with van der Waals surface area (Å²) in [4.78, 5) is 35.1. The van der Waals surface area contributed by atoms with Crippen molar-refractivity contribution in [2.24, 2.45) is 0 Å². The number of benzene rings is 2. The molecule has 3 rings (SSSR count). The van der Waals surface area contributed by atoms with E-state index in [2.05, 4.69) is 10.6 Å². The fourth-order valence-corrected chi connectivity index (χ4v) is 3.10. The largest absolute Gasteiger partial charge is 0.479 e. The second-order valence-corrected chi connectivity index (χ2v) is 7.60. The van der Waals surface area contributed by atoms with E-state index in [4.69, 9.17) is 24.4 Å². The summed E-state index contributed by atoms with van der Waals surface area (Å²) in [5.74, 6) is -4.80. The summed E-state index contributed by atoms with van der Waals surface area (Å²) in [6, 6.07) is 12.7. The third kappa shape index (κ3) is 6.88. The molecule has 0 aromatic heterocycles. The van der Waals surface area contributed by atoms with E-state index in [-0.39, 0.29) is 18.9 Å². The Morgan fingerprint density at radius 1 is 0.943 bits per heavy atom. The first kappa shape index (κ1) is 25.9. The van der Waals surface area contributed by atoms with Crippen LogP contribution in [0.25, 0.3) is 0 Å². The zero-order chi connectivity index (χ0) is 25.6. The summed E-state index contributed by atoms with van der Waals surface area (Å²) < 4.78 is 14.9. The van der Waals surface area contributed by atoms with Gasteiger partial charge in [-0.1, -0.05) is 24.3 Å². The molecule has 0 bridgehead atoms. The molecule has 1 aliphatic rings. The second-order valence-electron chi connectivity index (χ2n) is 7.60. The van der Waals surface area contributed by atoms with E-state index in [0.29, 0.717) is 16.8 Å². The lowest BCUT2D eigenvalue weighted by molar-refractivity contribution is -0.339. The molecule has 0 radical (unpaired) electrons. The Morgan fingerprint density at radius 2 is 1.49 bits per heavy atom. The Hall–Kier alpha value is -3.75. The highest BCUT2D eigenvalue weighted by Crippen LogP contribution is 2.28. The van der Waals surface area contributed by atoms with Crippen LogP contribution in [0.4, 0.5) is 21.0 Å². The molecule has 13 nitrogen and oxygen atoms in total. The number of carbonyl (C=O) groups excluding carboxylic acids is 2. The Morgan fingerprint density at radius 3 is 2.03 bits per heavy atom. The van der Waals surface area contributed by atoms with Gasteiger partial charge in [-0.2, -0.15) is 0 Å². The number of nitrogens with one attached hydrogen (secondary N) is 2. The van der Waals surface area contributed by atoms with E-state index >= 15 is 0 Å². The average Bonchev–Trinajstić information content (AvgIpc) is 2.81. The number of carboxylic acids is 1. The topological polar surface area (TPSA) is 204 Å². The second kappa shape index (κ2) is 11.1. The van der Waals surface area contributed by atoms with Gasteiger partial charge in [0.15, 0.2) is 0 Å². The summed E-state index contributed by atoms with van der Waals surface area (Å²) in [6.07, 6.45) is -7.97. The number of hydrogen-bond donors (Lipinski definition) is 7. The molecule has 13 heteroatoms. The number of ether oxygens (including phenoxy) is 3. The van der Waals surface area contributed by atoms with Gasteiger partial charge in [0.05, 0.1) is 6.61 Å². The molecule has 1 aliphatic heterocycles. The Kier molecular flexibility index (Phi) is 8.22. The lowest BCUT2D eigenvalue weighted by Gasteiger charge is -2.39. The van der Waals surface area contributed by atoms with Crippen LogP contribution >= 0.6 is 0 Å². The normalized spacial score (nSPS) is 21.0. The first-order chi connectivity index (χ1) is 16.6. The maximum Gasteiger partial charge on any atom is 0.413 e. The number of carbonyl (C=O) groups is 3. The van der Waals surface area contributed by atoms with Gasteiger partial charge in [-0.15, -0.1) is 0 Å². The van der Waals surface area contributed by atoms with Gasteiger partial charge in [-0.3, -0.25) is 10.6 Å². The van der Waals surface area contributed by atoms with Gasteiger partial charge in [0.1, 0.15) is 12.7 Å². The van der Waals surface area contributed by atoms with E-state index in [1.165, 1.54) is 12.1 Å². The van der Waals surface area contributed by atoms with Gasteiger partial charge in [0.2, 0.25) is 18.2 Å². The summed E-state index contributed by atoms with van der Waals surface area (Å²) in [5.41, 5.74) is 2.10. The van der Waals surface area contributed by atoms with Crippen LogP contribution in [0.3, 0.4) is 0 Å². The summed E-state index contributed by atoms with van der Waals surface area (Å²) in [5, 5.41) is 52.0.